The first-order chi connectivity index (χ1) is 14.2. The molecule has 150 valence electrons. The first kappa shape index (κ1) is 20.3. The van der Waals surface area contributed by atoms with Crippen LogP contribution in [-0.2, 0) is 11.2 Å². The van der Waals surface area contributed by atoms with Crippen molar-refractivity contribution in [3.8, 4) is 11.3 Å². The fourth-order valence-corrected chi connectivity index (χ4v) is 4.75. The number of amides is 1. The van der Waals surface area contributed by atoms with Gasteiger partial charge in [0.05, 0.1) is 5.69 Å². The second-order valence-electron chi connectivity index (χ2n) is 7.27. The van der Waals surface area contributed by atoms with Gasteiger partial charge in [0.2, 0.25) is 5.91 Å². The van der Waals surface area contributed by atoms with E-state index in [9.17, 15) is 4.79 Å². The van der Waals surface area contributed by atoms with Gasteiger partial charge in [-0.15, -0.1) is 11.3 Å². The fraction of sp³-hybridized carbons (Fsp3) is 0.304. The van der Waals surface area contributed by atoms with E-state index in [1.165, 1.54) is 5.56 Å². The zero-order valence-corrected chi connectivity index (χ0v) is 18.6. The van der Waals surface area contributed by atoms with Gasteiger partial charge in [-0.3, -0.25) is 9.69 Å². The molecule has 0 spiro atoms. The van der Waals surface area contributed by atoms with Crippen molar-refractivity contribution >= 4 is 38.3 Å². The molecule has 0 radical (unpaired) electrons. The lowest BCUT2D eigenvalue weighted by molar-refractivity contribution is -0.123. The zero-order valence-electron chi connectivity index (χ0n) is 16.2. The number of carbonyl (C=O) groups is 1. The Morgan fingerprint density at radius 3 is 2.55 bits per heavy atom. The van der Waals surface area contributed by atoms with Gasteiger partial charge in [-0.2, -0.15) is 0 Å². The quantitative estimate of drug-likeness (QED) is 0.542. The van der Waals surface area contributed by atoms with Crippen LogP contribution in [0.4, 0.5) is 5.13 Å². The van der Waals surface area contributed by atoms with Crippen molar-refractivity contribution < 1.29 is 4.79 Å². The van der Waals surface area contributed by atoms with Gasteiger partial charge in [0, 0.05) is 27.9 Å². The first-order valence-electron chi connectivity index (χ1n) is 9.98. The number of piperidine rings is 1. The van der Waals surface area contributed by atoms with Gasteiger partial charge in [-0.05, 0) is 50.0 Å². The van der Waals surface area contributed by atoms with Crippen molar-refractivity contribution in [1.82, 2.24) is 10.3 Å². The van der Waals surface area contributed by atoms with Gasteiger partial charge in [0.1, 0.15) is 0 Å². The summed E-state index contributed by atoms with van der Waals surface area (Å²) in [6, 6.07) is 18.5. The molecule has 0 bridgehead atoms. The number of thiazole rings is 1. The molecule has 1 aliphatic heterocycles. The average molecular weight is 470 g/mol. The number of aromatic nitrogens is 1. The van der Waals surface area contributed by atoms with E-state index in [-0.39, 0.29) is 11.8 Å². The minimum Gasteiger partial charge on any atom is -0.317 e. The van der Waals surface area contributed by atoms with Crippen LogP contribution >= 0.6 is 27.3 Å². The average Bonchev–Trinajstić information content (AvgIpc) is 3.25. The molecule has 1 aliphatic rings. The molecule has 1 N–H and O–H groups in total. The van der Waals surface area contributed by atoms with E-state index in [2.05, 4.69) is 33.4 Å². The van der Waals surface area contributed by atoms with Crippen LogP contribution in [0.15, 0.2) is 64.5 Å². The van der Waals surface area contributed by atoms with Gasteiger partial charge in [-0.25, -0.2) is 4.98 Å². The third kappa shape index (κ3) is 5.13. The normalized spacial score (nSPS) is 14.7. The Labute approximate surface area is 184 Å². The highest BCUT2D eigenvalue weighted by Crippen LogP contribution is 2.30. The Morgan fingerprint density at radius 1 is 1.10 bits per heavy atom. The first-order valence-corrected chi connectivity index (χ1v) is 11.7. The summed E-state index contributed by atoms with van der Waals surface area (Å²) in [6.07, 6.45) is 2.61. The molecule has 0 aliphatic carbocycles. The van der Waals surface area contributed by atoms with Crippen LogP contribution < -0.4 is 10.2 Å². The van der Waals surface area contributed by atoms with E-state index < -0.39 is 0 Å². The van der Waals surface area contributed by atoms with Gasteiger partial charge in [-0.1, -0.05) is 58.4 Å². The standard InChI is InChI=1S/C23H24BrN3OS/c24-20-8-6-18(7-9-20)21-16-29-23(26-21)27(15-12-17-4-2-1-3-5-17)22(28)19-10-13-25-14-11-19/h1-9,16,19,25H,10-15H2. The molecule has 4 nitrogen and oxygen atoms in total. The van der Waals surface area contributed by atoms with E-state index in [0.29, 0.717) is 6.54 Å². The summed E-state index contributed by atoms with van der Waals surface area (Å²) in [5.41, 5.74) is 3.22. The monoisotopic (exact) mass is 469 g/mol. The van der Waals surface area contributed by atoms with Crippen LogP contribution in [0.5, 0.6) is 0 Å². The SMILES string of the molecule is O=C(C1CCNCC1)N(CCc1ccccc1)c1nc(-c2ccc(Br)cc2)cs1. The van der Waals surface area contributed by atoms with Crippen LogP contribution in [0.1, 0.15) is 18.4 Å². The summed E-state index contributed by atoms with van der Waals surface area (Å²) < 4.78 is 1.04. The van der Waals surface area contributed by atoms with Crippen molar-refractivity contribution in [3.05, 3.63) is 70.0 Å². The van der Waals surface area contributed by atoms with Crippen molar-refractivity contribution in [1.29, 1.82) is 0 Å². The number of anilines is 1. The lowest BCUT2D eigenvalue weighted by atomic mass is 9.96. The van der Waals surface area contributed by atoms with Crippen molar-refractivity contribution in [2.24, 2.45) is 5.92 Å². The lowest BCUT2D eigenvalue weighted by Gasteiger charge is -2.28. The van der Waals surface area contributed by atoms with Gasteiger partial charge in [0.15, 0.2) is 5.13 Å². The highest BCUT2D eigenvalue weighted by molar-refractivity contribution is 9.10. The van der Waals surface area contributed by atoms with Gasteiger partial charge in [0.25, 0.3) is 0 Å². The topological polar surface area (TPSA) is 45.2 Å². The Bertz CT molecular complexity index is 936. The van der Waals surface area contributed by atoms with Crippen molar-refractivity contribution in [2.75, 3.05) is 24.5 Å². The summed E-state index contributed by atoms with van der Waals surface area (Å²) in [4.78, 5) is 20.1. The molecule has 1 amide bonds. The molecule has 4 rings (SSSR count). The third-order valence-electron chi connectivity index (χ3n) is 5.28. The summed E-state index contributed by atoms with van der Waals surface area (Å²) in [5.74, 6) is 0.284. The summed E-state index contributed by atoms with van der Waals surface area (Å²) in [5, 5.41) is 6.19. The predicted molar refractivity (Wildman–Crippen MR) is 123 cm³/mol. The Hall–Kier alpha value is -2.02. The Morgan fingerprint density at radius 2 is 1.83 bits per heavy atom. The number of rotatable bonds is 6. The Kier molecular flexibility index (Phi) is 6.74. The zero-order chi connectivity index (χ0) is 20.1. The van der Waals surface area contributed by atoms with Gasteiger partial charge < -0.3 is 5.32 Å². The van der Waals surface area contributed by atoms with Crippen LogP contribution in [-0.4, -0.2) is 30.5 Å². The van der Waals surface area contributed by atoms with E-state index in [1.54, 1.807) is 11.3 Å². The molecule has 3 aromatic rings. The maximum Gasteiger partial charge on any atom is 0.231 e. The predicted octanol–water partition coefficient (Wildman–Crippen LogP) is 5.15. The van der Waals surface area contributed by atoms with Crippen molar-refractivity contribution in [3.63, 3.8) is 0 Å². The van der Waals surface area contributed by atoms with Crippen molar-refractivity contribution in [2.45, 2.75) is 19.3 Å². The fourth-order valence-electron chi connectivity index (χ4n) is 3.62. The Balaban J connectivity index is 1.57. The highest BCUT2D eigenvalue weighted by Gasteiger charge is 2.28. The maximum atomic E-state index is 13.4. The number of halogens is 1. The molecule has 0 atom stereocenters. The van der Waals surface area contributed by atoms with Crippen LogP contribution in [0.3, 0.4) is 0 Å². The number of benzene rings is 2. The molecule has 6 heteroatoms. The van der Waals surface area contributed by atoms with E-state index in [4.69, 9.17) is 4.98 Å². The molecular formula is C23H24BrN3OS. The number of hydrogen-bond acceptors (Lipinski definition) is 4. The number of nitrogens with zero attached hydrogens (tertiary/aromatic N) is 2. The summed E-state index contributed by atoms with van der Waals surface area (Å²) in [6.45, 7) is 2.47. The molecule has 29 heavy (non-hydrogen) atoms. The van der Waals surface area contributed by atoms with Gasteiger partial charge >= 0.3 is 0 Å². The maximum absolute atomic E-state index is 13.4. The number of hydrogen-bond donors (Lipinski definition) is 1. The second-order valence-corrected chi connectivity index (χ2v) is 9.02. The molecular weight excluding hydrogens is 446 g/mol. The second kappa shape index (κ2) is 9.65. The minimum atomic E-state index is 0.0760. The molecule has 1 aromatic heterocycles. The molecule has 2 heterocycles. The summed E-state index contributed by atoms with van der Waals surface area (Å²) in [7, 11) is 0. The lowest BCUT2D eigenvalue weighted by Crippen LogP contribution is -2.42. The van der Waals surface area contributed by atoms with E-state index in [0.717, 1.165) is 53.2 Å². The third-order valence-corrected chi connectivity index (χ3v) is 6.68. The van der Waals surface area contributed by atoms with E-state index >= 15 is 0 Å². The molecule has 1 fully saturated rings. The smallest absolute Gasteiger partial charge is 0.231 e. The molecule has 0 unspecified atom stereocenters. The van der Waals surface area contributed by atoms with Crippen LogP contribution in [0, 0.1) is 5.92 Å². The van der Waals surface area contributed by atoms with Crippen LogP contribution in [0.2, 0.25) is 0 Å². The highest BCUT2D eigenvalue weighted by atomic mass is 79.9. The number of nitrogens with one attached hydrogen (secondary N) is 1. The molecule has 1 saturated heterocycles. The molecule has 2 aromatic carbocycles. The number of carbonyl (C=O) groups excluding carboxylic acids is 1. The minimum absolute atomic E-state index is 0.0760. The summed E-state index contributed by atoms with van der Waals surface area (Å²) >= 11 is 5.03. The van der Waals surface area contributed by atoms with Crippen LogP contribution in [0.25, 0.3) is 11.3 Å². The largest absolute Gasteiger partial charge is 0.317 e. The van der Waals surface area contributed by atoms with E-state index in [1.807, 2.05) is 52.7 Å². The molecule has 0 saturated carbocycles.